The maximum Gasteiger partial charge on any atom is 0.279 e. The van der Waals surface area contributed by atoms with Gasteiger partial charge in [0.2, 0.25) is 0 Å². The normalized spacial score (nSPS) is 11.4. The number of carbonyl (C=O) groups is 2. The van der Waals surface area contributed by atoms with E-state index in [2.05, 4.69) is 26.8 Å². The number of hydrogen-bond acceptors (Lipinski definition) is 4. The Morgan fingerprint density at radius 1 is 1.08 bits per heavy atom. The van der Waals surface area contributed by atoms with Crippen LogP contribution >= 0.6 is 15.9 Å². The molecule has 2 amide bonds. The fourth-order valence-corrected chi connectivity index (χ4v) is 2.29. The Morgan fingerprint density at radius 2 is 1.72 bits per heavy atom. The first-order chi connectivity index (χ1) is 11.9. The molecule has 0 saturated heterocycles. The molecule has 2 aromatic carbocycles. The molecule has 0 aliphatic heterocycles. The maximum absolute atomic E-state index is 12.8. The summed E-state index contributed by atoms with van der Waals surface area (Å²) in [4.78, 5) is 24.2. The average molecular weight is 411 g/mol. The molecule has 2 aromatic rings. The SMILES string of the molecule is COc1ccc(Br)c(C(=O)NNC(=O)C(C)Oc2ccc(F)cc2)c1. The van der Waals surface area contributed by atoms with E-state index < -0.39 is 23.7 Å². The number of hydrogen-bond donors (Lipinski definition) is 2. The molecule has 25 heavy (non-hydrogen) atoms. The van der Waals surface area contributed by atoms with Crippen molar-refractivity contribution in [2.24, 2.45) is 0 Å². The highest BCUT2D eigenvalue weighted by atomic mass is 79.9. The van der Waals surface area contributed by atoms with Crippen LogP contribution in [0.15, 0.2) is 46.9 Å². The number of nitrogens with one attached hydrogen (secondary N) is 2. The topological polar surface area (TPSA) is 76.7 Å². The molecule has 0 aromatic heterocycles. The van der Waals surface area contributed by atoms with Crippen LogP contribution in [-0.2, 0) is 4.79 Å². The van der Waals surface area contributed by atoms with E-state index in [-0.39, 0.29) is 0 Å². The number of ether oxygens (including phenoxy) is 2. The lowest BCUT2D eigenvalue weighted by molar-refractivity contribution is -0.128. The summed E-state index contributed by atoms with van der Waals surface area (Å²) >= 11 is 3.26. The van der Waals surface area contributed by atoms with Crippen molar-refractivity contribution in [2.45, 2.75) is 13.0 Å². The molecule has 1 unspecified atom stereocenters. The molecule has 0 fully saturated rings. The van der Waals surface area contributed by atoms with Crippen LogP contribution in [0, 0.1) is 5.82 Å². The number of rotatable bonds is 5. The van der Waals surface area contributed by atoms with Crippen molar-refractivity contribution in [2.75, 3.05) is 7.11 Å². The van der Waals surface area contributed by atoms with E-state index in [9.17, 15) is 14.0 Å². The number of methoxy groups -OCH3 is 1. The second-order valence-corrected chi connectivity index (χ2v) is 5.86. The quantitative estimate of drug-likeness (QED) is 0.743. The van der Waals surface area contributed by atoms with Gasteiger partial charge in [-0.3, -0.25) is 20.4 Å². The minimum Gasteiger partial charge on any atom is -0.497 e. The standard InChI is InChI=1S/C17H16BrFN2O4/c1-10(25-12-5-3-11(19)4-6-12)16(22)20-21-17(23)14-9-13(24-2)7-8-15(14)18/h3-10H,1-2H3,(H,20,22)(H,21,23). The number of amides is 2. The van der Waals surface area contributed by atoms with Crippen LogP contribution in [-0.4, -0.2) is 25.0 Å². The minimum absolute atomic E-state index is 0.298. The Bertz CT molecular complexity index is 768. The molecule has 6 nitrogen and oxygen atoms in total. The van der Waals surface area contributed by atoms with Crippen LogP contribution < -0.4 is 20.3 Å². The smallest absolute Gasteiger partial charge is 0.279 e. The lowest BCUT2D eigenvalue weighted by Gasteiger charge is -2.15. The van der Waals surface area contributed by atoms with Gasteiger partial charge in [0.15, 0.2) is 6.10 Å². The fraction of sp³-hybridized carbons (Fsp3) is 0.176. The maximum atomic E-state index is 12.8. The fourth-order valence-electron chi connectivity index (χ4n) is 1.86. The first-order valence-electron chi connectivity index (χ1n) is 7.26. The van der Waals surface area contributed by atoms with Gasteiger partial charge in [-0.15, -0.1) is 0 Å². The molecule has 0 spiro atoms. The zero-order valence-corrected chi connectivity index (χ0v) is 15.1. The van der Waals surface area contributed by atoms with Crippen molar-refractivity contribution in [3.8, 4) is 11.5 Å². The van der Waals surface area contributed by atoms with E-state index in [4.69, 9.17) is 9.47 Å². The average Bonchev–Trinajstić information content (AvgIpc) is 2.61. The summed E-state index contributed by atoms with van der Waals surface area (Å²) in [5, 5.41) is 0. The molecule has 8 heteroatoms. The summed E-state index contributed by atoms with van der Waals surface area (Å²) in [5.41, 5.74) is 4.88. The van der Waals surface area contributed by atoms with Crippen molar-refractivity contribution in [1.29, 1.82) is 0 Å². The van der Waals surface area contributed by atoms with E-state index >= 15 is 0 Å². The van der Waals surface area contributed by atoms with Crippen molar-refractivity contribution in [3.63, 3.8) is 0 Å². The van der Waals surface area contributed by atoms with Crippen LogP contribution in [0.1, 0.15) is 17.3 Å². The van der Waals surface area contributed by atoms with Gasteiger partial charge in [0.05, 0.1) is 12.7 Å². The van der Waals surface area contributed by atoms with E-state index in [0.29, 0.717) is 21.5 Å². The molecular weight excluding hydrogens is 395 g/mol. The first kappa shape index (κ1) is 18.7. The highest BCUT2D eigenvalue weighted by molar-refractivity contribution is 9.10. The number of benzene rings is 2. The van der Waals surface area contributed by atoms with Crippen molar-refractivity contribution < 1.29 is 23.5 Å². The molecular formula is C17H16BrFN2O4. The van der Waals surface area contributed by atoms with Crippen molar-refractivity contribution in [1.82, 2.24) is 10.9 Å². The zero-order valence-electron chi connectivity index (χ0n) is 13.5. The van der Waals surface area contributed by atoms with Gasteiger partial charge in [0.25, 0.3) is 11.8 Å². The zero-order chi connectivity index (χ0) is 18.4. The second kappa shape index (κ2) is 8.48. The third kappa shape index (κ3) is 5.18. The van der Waals surface area contributed by atoms with Gasteiger partial charge in [-0.25, -0.2) is 4.39 Å². The molecule has 0 aliphatic rings. The first-order valence-corrected chi connectivity index (χ1v) is 8.06. The van der Waals surface area contributed by atoms with Gasteiger partial charge < -0.3 is 9.47 Å². The van der Waals surface area contributed by atoms with Gasteiger partial charge in [0, 0.05) is 4.47 Å². The van der Waals surface area contributed by atoms with Crippen LogP contribution in [0.5, 0.6) is 11.5 Å². The molecule has 1 atom stereocenters. The number of halogens is 2. The summed E-state index contributed by atoms with van der Waals surface area (Å²) in [6, 6.07) is 10.2. The van der Waals surface area contributed by atoms with Gasteiger partial charge in [-0.1, -0.05) is 0 Å². The molecule has 0 bridgehead atoms. The van der Waals surface area contributed by atoms with Crippen molar-refractivity contribution in [3.05, 3.63) is 58.3 Å². The predicted molar refractivity (Wildman–Crippen MR) is 92.8 cm³/mol. The Kier molecular flexibility index (Phi) is 6.35. The number of carbonyl (C=O) groups excluding carboxylic acids is 2. The Balaban J connectivity index is 1.92. The summed E-state index contributed by atoms with van der Waals surface area (Å²) in [6.07, 6.45) is -0.889. The van der Waals surface area contributed by atoms with E-state index in [1.54, 1.807) is 12.1 Å². The lowest BCUT2D eigenvalue weighted by Crippen LogP contribution is -2.47. The monoisotopic (exact) mass is 410 g/mol. The molecule has 0 saturated carbocycles. The highest BCUT2D eigenvalue weighted by Gasteiger charge is 2.17. The highest BCUT2D eigenvalue weighted by Crippen LogP contribution is 2.22. The molecule has 2 N–H and O–H groups in total. The summed E-state index contributed by atoms with van der Waals surface area (Å²) in [5.74, 6) is -0.635. The van der Waals surface area contributed by atoms with Gasteiger partial charge in [-0.05, 0) is 65.3 Å². The molecule has 0 aliphatic carbocycles. The van der Waals surface area contributed by atoms with Gasteiger partial charge in [0.1, 0.15) is 17.3 Å². The van der Waals surface area contributed by atoms with Gasteiger partial charge in [-0.2, -0.15) is 0 Å². The van der Waals surface area contributed by atoms with Crippen LogP contribution in [0.25, 0.3) is 0 Å². The van der Waals surface area contributed by atoms with E-state index in [1.165, 1.54) is 44.4 Å². The largest absolute Gasteiger partial charge is 0.497 e. The third-order valence-electron chi connectivity index (χ3n) is 3.21. The summed E-state index contributed by atoms with van der Waals surface area (Å²) in [6.45, 7) is 1.51. The van der Waals surface area contributed by atoms with E-state index in [0.717, 1.165) is 0 Å². The Morgan fingerprint density at radius 3 is 2.36 bits per heavy atom. The molecule has 0 heterocycles. The van der Waals surface area contributed by atoms with Crippen LogP contribution in [0.3, 0.4) is 0 Å². The summed E-state index contributed by atoms with van der Waals surface area (Å²) in [7, 11) is 1.49. The second-order valence-electron chi connectivity index (χ2n) is 5.00. The molecule has 2 rings (SSSR count). The Labute approximate surface area is 152 Å². The predicted octanol–water partition coefficient (Wildman–Crippen LogP) is 2.83. The Hall–Kier alpha value is -2.61. The van der Waals surface area contributed by atoms with Crippen LogP contribution in [0.2, 0.25) is 0 Å². The molecule has 0 radical (unpaired) electrons. The third-order valence-corrected chi connectivity index (χ3v) is 3.90. The van der Waals surface area contributed by atoms with Crippen LogP contribution in [0.4, 0.5) is 4.39 Å². The lowest BCUT2D eigenvalue weighted by atomic mass is 10.2. The minimum atomic E-state index is -0.889. The summed E-state index contributed by atoms with van der Waals surface area (Å²) < 4.78 is 23.8. The number of hydrazine groups is 1. The van der Waals surface area contributed by atoms with Crippen molar-refractivity contribution >= 4 is 27.7 Å². The van der Waals surface area contributed by atoms with E-state index in [1.807, 2.05) is 0 Å². The molecule has 132 valence electrons. The van der Waals surface area contributed by atoms with Gasteiger partial charge >= 0.3 is 0 Å².